The first-order valence-corrected chi connectivity index (χ1v) is 8.57. The number of halogens is 18. The lowest BCUT2D eigenvalue weighted by molar-refractivity contribution is -0.297. The maximum absolute atomic E-state index is 13.0. The van der Waals surface area contributed by atoms with Gasteiger partial charge in [0.05, 0.1) is 0 Å². The summed E-state index contributed by atoms with van der Waals surface area (Å²) in [5.74, 6) is -21.3. The number of ketones is 3. The zero-order chi connectivity index (χ0) is 32.3. The minimum atomic E-state index is -6.50. The normalized spacial score (nSPS) is 15.2. The van der Waals surface area contributed by atoms with E-state index >= 15 is 0 Å². The molecule has 230 valence electrons. The third-order valence-electron chi connectivity index (χ3n) is 3.13. The minimum absolute atomic E-state index is 1.69. The SMILES string of the molecule is O=C(/C=C(/OC(O/C(=C/C(=O)C(F)(F)F)C(F)(F)F)O/C(=C/C(=O)C(F)(F)F)C(F)(F)F)C(F)(F)F)C(F)(F)F. The molecule has 0 N–H and O–H groups in total. The summed E-state index contributed by atoms with van der Waals surface area (Å²) < 4.78 is 237. The number of hydrogen-bond donors (Lipinski definition) is 0. The van der Waals surface area contributed by atoms with Crippen molar-refractivity contribution < 1.29 is 108 Å². The smallest absolute Gasteiger partial charge is 0.418 e. The van der Waals surface area contributed by atoms with E-state index in [-0.39, 0.29) is 0 Å². The molecule has 0 saturated heterocycles. The first kappa shape index (κ1) is 36.4. The number of allylic oxidation sites excluding steroid dienone is 6. The molecule has 0 aliphatic rings. The Morgan fingerprint density at radius 3 is 0.675 bits per heavy atom. The van der Waals surface area contributed by atoms with Crippen molar-refractivity contribution in [3.63, 3.8) is 0 Å². The highest BCUT2D eigenvalue weighted by atomic mass is 19.4. The molecule has 0 spiro atoms. The van der Waals surface area contributed by atoms with Gasteiger partial charge < -0.3 is 14.2 Å². The molecular formula is C16H4F18O6. The van der Waals surface area contributed by atoms with Crippen LogP contribution >= 0.6 is 0 Å². The number of carbonyl (C=O) groups is 3. The molecule has 6 nitrogen and oxygen atoms in total. The Hall–Kier alpha value is -3.63. The van der Waals surface area contributed by atoms with Crippen molar-refractivity contribution in [2.75, 3.05) is 0 Å². The summed E-state index contributed by atoms with van der Waals surface area (Å²) in [5, 5.41) is 0. The van der Waals surface area contributed by atoms with Crippen LogP contribution in [-0.4, -0.2) is 60.9 Å². The average molecular weight is 634 g/mol. The van der Waals surface area contributed by atoms with Gasteiger partial charge in [0.1, 0.15) is 0 Å². The van der Waals surface area contributed by atoms with Crippen LogP contribution in [0.2, 0.25) is 0 Å². The van der Waals surface area contributed by atoms with Crippen LogP contribution in [-0.2, 0) is 28.6 Å². The second-order valence-corrected chi connectivity index (χ2v) is 6.25. The molecule has 24 heteroatoms. The van der Waals surface area contributed by atoms with Gasteiger partial charge in [-0.1, -0.05) is 0 Å². The summed E-state index contributed by atoms with van der Waals surface area (Å²) in [5.41, 5.74) is 0. The predicted molar refractivity (Wildman–Crippen MR) is 82.6 cm³/mol. The molecule has 0 rings (SSSR count). The molecule has 0 bridgehead atoms. The zero-order valence-corrected chi connectivity index (χ0v) is 17.6. The van der Waals surface area contributed by atoms with Crippen LogP contribution in [0.3, 0.4) is 0 Å². The summed E-state index contributed by atoms with van der Waals surface area (Å²) in [4.78, 5) is 32.4. The lowest BCUT2D eigenvalue weighted by Gasteiger charge is -2.26. The van der Waals surface area contributed by atoms with Crippen molar-refractivity contribution in [2.24, 2.45) is 0 Å². The minimum Gasteiger partial charge on any atom is -0.418 e. The van der Waals surface area contributed by atoms with Gasteiger partial charge in [-0.2, -0.15) is 79.0 Å². The van der Waals surface area contributed by atoms with Gasteiger partial charge in [-0.05, 0) is 0 Å². The molecule has 0 saturated carbocycles. The Labute approximate surface area is 205 Å². The standard InChI is InChI=1S/C16H4F18O6/c17-11(18,19)4(35)1-7(14(26,27)28)38-10(39-8(15(29,30)31)2-5(36)12(20,21)22)40-9(16(32,33)34)3-6(37)13(23,24)25/h1-3,10H/b7-1+,8-2+,9-3+. The summed E-state index contributed by atoms with van der Waals surface area (Å²) in [6, 6.07) is 0. The third kappa shape index (κ3) is 12.0. The maximum Gasteiger partial charge on any atom is 0.454 e. The highest BCUT2D eigenvalue weighted by molar-refractivity contribution is 5.95. The first-order valence-electron chi connectivity index (χ1n) is 8.57. The van der Waals surface area contributed by atoms with Crippen LogP contribution in [0.4, 0.5) is 79.0 Å². The van der Waals surface area contributed by atoms with E-state index < -0.39 is 96.4 Å². The van der Waals surface area contributed by atoms with E-state index in [4.69, 9.17) is 0 Å². The quantitative estimate of drug-likeness (QED) is 0.133. The van der Waals surface area contributed by atoms with Gasteiger partial charge in [0.25, 0.3) is 17.3 Å². The van der Waals surface area contributed by atoms with Gasteiger partial charge in [0, 0.05) is 18.2 Å². The van der Waals surface area contributed by atoms with Gasteiger partial charge in [0.2, 0.25) is 17.3 Å². The van der Waals surface area contributed by atoms with Crippen LogP contribution in [0.25, 0.3) is 0 Å². The largest absolute Gasteiger partial charge is 0.454 e. The highest BCUT2D eigenvalue weighted by Gasteiger charge is 2.49. The van der Waals surface area contributed by atoms with Gasteiger partial charge >= 0.3 is 43.5 Å². The molecule has 0 fully saturated rings. The fourth-order valence-electron chi connectivity index (χ4n) is 1.53. The second kappa shape index (κ2) is 11.9. The summed E-state index contributed by atoms with van der Waals surface area (Å²) >= 11 is 0. The van der Waals surface area contributed by atoms with Gasteiger partial charge in [-0.3, -0.25) is 14.4 Å². The number of ether oxygens (including phenoxy) is 3. The Bertz CT molecular complexity index is 912. The van der Waals surface area contributed by atoms with Crippen molar-refractivity contribution >= 4 is 17.3 Å². The molecule has 0 aliphatic heterocycles. The molecule has 0 unspecified atom stereocenters. The van der Waals surface area contributed by atoms with Crippen molar-refractivity contribution in [2.45, 2.75) is 43.5 Å². The fourth-order valence-corrected chi connectivity index (χ4v) is 1.53. The Morgan fingerprint density at radius 2 is 0.550 bits per heavy atom. The van der Waals surface area contributed by atoms with Crippen LogP contribution in [0.15, 0.2) is 35.5 Å². The van der Waals surface area contributed by atoms with Crippen LogP contribution in [0, 0.1) is 0 Å². The molecule has 0 atom stereocenters. The molecule has 0 aliphatic carbocycles. The van der Waals surface area contributed by atoms with E-state index in [9.17, 15) is 93.4 Å². The van der Waals surface area contributed by atoms with Crippen molar-refractivity contribution in [3.05, 3.63) is 35.5 Å². The summed E-state index contributed by atoms with van der Waals surface area (Å²) in [7, 11) is 0. The van der Waals surface area contributed by atoms with Gasteiger partial charge in [-0.15, -0.1) is 0 Å². The van der Waals surface area contributed by atoms with Gasteiger partial charge in [-0.25, -0.2) is 0 Å². The van der Waals surface area contributed by atoms with Crippen LogP contribution < -0.4 is 0 Å². The molecule has 0 heterocycles. The monoisotopic (exact) mass is 634 g/mol. The molecule has 0 aromatic rings. The molecule has 40 heavy (non-hydrogen) atoms. The predicted octanol–water partition coefficient (Wildman–Crippen LogP) is 6.05. The maximum atomic E-state index is 13.0. The lowest BCUT2D eigenvalue weighted by atomic mass is 10.3. The second-order valence-electron chi connectivity index (χ2n) is 6.25. The van der Waals surface area contributed by atoms with E-state index in [2.05, 4.69) is 14.2 Å². The van der Waals surface area contributed by atoms with E-state index in [1.807, 2.05) is 0 Å². The third-order valence-corrected chi connectivity index (χ3v) is 3.13. The van der Waals surface area contributed by atoms with Crippen molar-refractivity contribution in [1.29, 1.82) is 0 Å². The Morgan fingerprint density at radius 1 is 0.375 bits per heavy atom. The van der Waals surface area contributed by atoms with Crippen molar-refractivity contribution in [3.8, 4) is 0 Å². The van der Waals surface area contributed by atoms with Gasteiger partial charge in [0.15, 0.2) is 0 Å². The van der Waals surface area contributed by atoms with Crippen LogP contribution in [0.5, 0.6) is 0 Å². The molecular weight excluding hydrogens is 630 g/mol. The molecule has 0 aromatic heterocycles. The molecule has 0 aromatic carbocycles. The molecule has 0 amide bonds. The topological polar surface area (TPSA) is 78.9 Å². The van der Waals surface area contributed by atoms with Crippen molar-refractivity contribution in [1.82, 2.24) is 0 Å². The number of alkyl halides is 18. The van der Waals surface area contributed by atoms with E-state index in [0.29, 0.717) is 0 Å². The zero-order valence-electron chi connectivity index (χ0n) is 17.6. The molecule has 0 radical (unpaired) electrons. The van der Waals surface area contributed by atoms with Crippen LogP contribution in [0.1, 0.15) is 0 Å². The number of rotatable bonds is 9. The summed E-state index contributed by atoms with van der Waals surface area (Å²) in [6.45, 7) is -4.64. The average Bonchev–Trinajstić information content (AvgIpc) is 2.67. The van der Waals surface area contributed by atoms with E-state index in [1.54, 1.807) is 0 Å². The van der Waals surface area contributed by atoms with E-state index in [1.165, 1.54) is 0 Å². The Balaban J connectivity index is 7.14. The Kier molecular flexibility index (Phi) is 10.8. The first-order chi connectivity index (χ1) is 17.4. The van der Waals surface area contributed by atoms with E-state index in [0.717, 1.165) is 0 Å². The lowest BCUT2D eigenvalue weighted by Crippen LogP contribution is -2.34. The number of hydrogen-bond acceptors (Lipinski definition) is 6. The fraction of sp³-hybridized carbons (Fsp3) is 0.438. The highest BCUT2D eigenvalue weighted by Crippen LogP contribution is 2.36. The summed E-state index contributed by atoms with van der Waals surface area (Å²) in [6.07, 6.45) is -43.3. The number of carbonyl (C=O) groups excluding carboxylic acids is 3.